The van der Waals surface area contributed by atoms with Crippen LogP contribution in [0.1, 0.15) is 27.1 Å². The van der Waals surface area contributed by atoms with Crippen LogP contribution in [-0.4, -0.2) is 45.7 Å². The van der Waals surface area contributed by atoms with Crippen molar-refractivity contribution >= 4 is 34.5 Å². The molecular formula is C26H21N3O4S. The molecule has 3 aromatic carbocycles. The Morgan fingerprint density at radius 3 is 2.32 bits per heavy atom. The van der Waals surface area contributed by atoms with Gasteiger partial charge in [0.2, 0.25) is 0 Å². The highest BCUT2D eigenvalue weighted by Gasteiger charge is 2.34. The Morgan fingerprint density at radius 1 is 0.882 bits per heavy atom. The average Bonchev–Trinajstić information content (AvgIpc) is 3.11. The lowest BCUT2D eigenvalue weighted by Crippen LogP contribution is -2.31. The van der Waals surface area contributed by atoms with E-state index in [9.17, 15) is 14.4 Å². The summed E-state index contributed by atoms with van der Waals surface area (Å²) in [6, 6.07) is 21.4. The van der Waals surface area contributed by atoms with Crippen molar-refractivity contribution in [1.29, 1.82) is 0 Å². The summed E-state index contributed by atoms with van der Waals surface area (Å²) in [5, 5.41) is 1.07. The second-order valence-electron chi connectivity index (χ2n) is 7.76. The molecule has 34 heavy (non-hydrogen) atoms. The van der Waals surface area contributed by atoms with Crippen molar-refractivity contribution in [3.05, 3.63) is 94.3 Å². The van der Waals surface area contributed by atoms with E-state index in [0.717, 1.165) is 0 Å². The van der Waals surface area contributed by atoms with E-state index < -0.39 is 0 Å². The van der Waals surface area contributed by atoms with Gasteiger partial charge in [-0.2, -0.15) is 0 Å². The number of hydrogen-bond acceptors (Lipinski definition) is 6. The predicted octanol–water partition coefficient (Wildman–Crippen LogP) is 4.17. The van der Waals surface area contributed by atoms with Crippen LogP contribution >= 0.6 is 11.8 Å². The maximum absolute atomic E-state index is 13.4. The Labute approximate surface area is 200 Å². The molecule has 4 aromatic rings. The first-order chi connectivity index (χ1) is 16.6. The number of amides is 2. The van der Waals surface area contributed by atoms with Crippen molar-refractivity contribution in [2.75, 3.05) is 19.4 Å². The summed E-state index contributed by atoms with van der Waals surface area (Å²) < 4.78 is 6.91. The van der Waals surface area contributed by atoms with E-state index in [-0.39, 0.29) is 17.4 Å². The second-order valence-corrected chi connectivity index (χ2v) is 8.83. The Hall–Kier alpha value is -3.91. The van der Waals surface area contributed by atoms with E-state index in [1.807, 2.05) is 36.4 Å². The van der Waals surface area contributed by atoms with Crippen molar-refractivity contribution in [3.63, 3.8) is 0 Å². The van der Waals surface area contributed by atoms with Gasteiger partial charge in [-0.15, -0.1) is 0 Å². The maximum Gasteiger partial charge on any atom is 0.266 e. The van der Waals surface area contributed by atoms with Gasteiger partial charge < -0.3 is 4.74 Å². The number of hydrogen-bond donors (Lipinski definition) is 0. The van der Waals surface area contributed by atoms with Gasteiger partial charge in [-0.3, -0.25) is 23.9 Å². The largest absolute Gasteiger partial charge is 0.497 e. The van der Waals surface area contributed by atoms with E-state index in [1.165, 1.54) is 16.7 Å². The van der Waals surface area contributed by atoms with Crippen molar-refractivity contribution in [2.45, 2.75) is 11.6 Å². The molecular weight excluding hydrogens is 450 g/mol. The van der Waals surface area contributed by atoms with Gasteiger partial charge in [0.05, 0.1) is 34.8 Å². The molecule has 0 unspecified atom stereocenters. The molecule has 0 aliphatic carbocycles. The Balaban J connectivity index is 1.39. The first kappa shape index (κ1) is 21.9. The van der Waals surface area contributed by atoms with Crippen LogP contribution in [-0.2, 0) is 0 Å². The lowest BCUT2D eigenvalue weighted by Gasteiger charge is -2.15. The van der Waals surface area contributed by atoms with Crippen molar-refractivity contribution in [3.8, 4) is 11.4 Å². The third-order valence-electron chi connectivity index (χ3n) is 5.69. The van der Waals surface area contributed by atoms with Gasteiger partial charge in [0.1, 0.15) is 5.75 Å². The van der Waals surface area contributed by atoms with E-state index in [4.69, 9.17) is 9.72 Å². The van der Waals surface area contributed by atoms with Crippen LogP contribution in [0.25, 0.3) is 16.6 Å². The van der Waals surface area contributed by atoms with Crippen molar-refractivity contribution in [2.24, 2.45) is 0 Å². The molecule has 2 heterocycles. The molecule has 1 aliphatic rings. The molecule has 0 atom stereocenters. The van der Waals surface area contributed by atoms with Crippen LogP contribution in [0.2, 0.25) is 0 Å². The van der Waals surface area contributed by atoms with Crippen LogP contribution in [0.15, 0.2) is 82.7 Å². The number of imide groups is 1. The molecule has 1 aliphatic heterocycles. The quantitative estimate of drug-likeness (QED) is 0.174. The van der Waals surface area contributed by atoms with Crippen molar-refractivity contribution < 1.29 is 14.3 Å². The summed E-state index contributed by atoms with van der Waals surface area (Å²) in [6.07, 6.45) is 0.566. The van der Waals surface area contributed by atoms with Gasteiger partial charge in [-0.1, -0.05) is 42.1 Å². The smallest absolute Gasteiger partial charge is 0.266 e. The maximum atomic E-state index is 13.4. The number of methoxy groups -OCH3 is 1. The van der Waals surface area contributed by atoms with Gasteiger partial charge in [0.25, 0.3) is 17.4 Å². The first-order valence-electron chi connectivity index (χ1n) is 10.8. The summed E-state index contributed by atoms with van der Waals surface area (Å²) in [5.74, 6) is 0.687. The van der Waals surface area contributed by atoms with Crippen LogP contribution < -0.4 is 10.3 Å². The topological polar surface area (TPSA) is 81.5 Å². The van der Waals surface area contributed by atoms with E-state index in [2.05, 4.69) is 0 Å². The van der Waals surface area contributed by atoms with Gasteiger partial charge in [-0.05, 0) is 42.8 Å². The minimum atomic E-state index is -0.261. The lowest BCUT2D eigenvalue weighted by atomic mass is 10.1. The van der Waals surface area contributed by atoms with Crippen LogP contribution in [0, 0.1) is 0 Å². The number of carbonyl (C=O) groups excluding carboxylic acids is 2. The van der Waals surface area contributed by atoms with Crippen LogP contribution in [0.3, 0.4) is 0 Å². The normalized spacial score (nSPS) is 12.9. The fourth-order valence-corrected chi connectivity index (χ4v) is 4.95. The van der Waals surface area contributed by atoms with Gasteiger partial charge >= 0.3 is 0 Å². The highest BCUT2D eigenvalue weighted by molar-refractivity contribution is 7.99. The van der Waals surface area contributed by atoms with Gasteiger partial charge in [0, 0.05) is 18.4 Å². The SMILES string of the molecule is COc1cccc(-n2c(SCCCN3C(=O)c4ccccc4C3=O)nc3ccccc3c2=O)c1. The molecule has 1 aromatic heterocycles. The average molecular weight is 472 g/mol. The molecule has 7 nitrogen and oxygen atoms in total. The summed E-state index contributed by atoms with van der Waals surface area (Å²) in [6.45, 7) is 0.302. The fraction of sp³-hybridized carbons (Fsp3) is 0.154. The third kappa shape index (κ3) is 3.86. The zero-order chi connectivity index (χ0) is 23.7. The molecule has 0 N–H and O–H groups in total. The molecule has 5 rings (SSSR count). The summed E-state index contributed by atoms with van der Waals surface area (Å²) in [5.41, 5.74) is 2.01. The number of thioether (sulfide) groups is 1. The Morgan fingerprint density at radius 2 is 1.59 bits per heavy atom. The first-order valence-corrected chi connectivity index (χ1v) is 11.8. The van der Waals surface area contributed by atoms with Crippen molar-refractivity contribution in [1.82, 2.24) is 14.5 Å². The van der Waals surface area contributed by atoms with E-state index in [0.29, 0.717) is 57.3 Å². The number of para-hydroxylation sites is 1. The van der Waals surface area contributed by atoms with E-state index >= 15 is 0 Å². The minimum absolute atomic E-state index is 0.165. The Bertz CT molecular complexity index is 1450. The van der Waals surface area contributed by atoms with Crippen LogP contribution in [0.5, 0.6) is 5.75 Å². The molecule has 2 amide bonds. The monoisotopic (exact) mass is 471 g/mol. The molecule has 170 valence electrons. The number of nitrogens with zero attached hydrogens (tertiary/aromatic N) is 3. The third-order valence-corrected chi connectivity index (χ3v) is 6.72. The summed E-state index contributed by atoms with van der Waals surface area (Å²) in [4.78, 5) is 44.6. The molecule has 8 heteroatoms. The summed E-state index contributed by atoms with van der Waals surface area (Å²) in [7, 11) is 1.58. The number of rotatable bonds is 7. The van der Waals surface area contributed by atoms with E-state index in [1.54, 1.807) is 48.1 Å². The molecule has 0 fully saturated rings. The number of ether oxygens (including phenoxy) is 1. The van der Waals surface area contributed by atoms with Gasteiger partial charge in [0.15, 0.2) is 5.16 Å². The van der Waals surface area contributed by atoms with Crippen LogP contribution in [0.4, 0.5) is 0 Å². The highest BCUT2D eigenvalue weighted by Crippen LogP contribution is 2.26. The number of aromatic nitrogens is 2. The molecule has 0 spiro atoms. The minimum Gasteiger partial charge on any atom is -0.497 e. The lowest BCUT2D eigenvalue weighted by molar-refractivity contribution is 0.0655. The number of benzene rings is 3. The standard InChI is InChI=1S/C26H21N3O4S/c1-33-18-9-6-8-17(16-18)29-25(32)21-12-4-5-13-22(21)27-26(29)34-15-7-14-28-23(30)19-10-2-3-11-20(19)24(28)31/h2-6,8-13,16H,7,14-15H2,1H3. The number of fused-ring (bicyclic) bond motifs is 2. The zero-order valence-electron chi connectivity index (χ0n) is 18.4. The highest BCUT2D eigenvalue weighted by atomic mass is 32.2. The summed E-state index contributed by atoms with van der Waals surface area (Å²) >= 11 is 1.42. The van der Waals surface area contributed by atoms with Gasteiger partial charge in [-0.25, -0.2) is 4.98 Å². The zero-order valence-corrected chi connectivity index (χ0v) is 19.2. The molecule has 0 radical (unpaired) electrons. The Kier molecular flexibility index (Phi) is 5.90. The fourth-order valence-electron chi connectivity index (χ4n) is 4.01. The second kappa shape index (κ2) is 9.15. The molecule has 0 bridgehead atoms. The predicted molar refractivity (Wildman–Crippen MR) is 131 cm³/mol. The molecule has 0 saturated heterocycles. The molecule has 0 saturated carbocycles. The number of carbonyl (C=O) groups is 2.